The van der Waals surface area contributed by atoms with E-state index in [1.165, 1.54) is 19.3 Å². The molecule has 2 heterocycles. The van der Waals surface area contributed by atoms with Gasteiger partial charge in [-0.1, -0.05) is 30.9 Å². The summed E-state index contributed by atoms with van der Waals surface area (Å²) in [5, 5.41) is 10.5. The summed E-state index contributed by atoms with van der Waals surface area (Å²) in [4.78, 5) is 23.5. The van der Waals surface area contributed by atoms with E-state index in [9.17, 15) is 4.79 Å². The van der Waals surface area contributed by atoms with Gasteiger partial charge >= 0.3 is 0 Å². The van der Waals surface area contributed by atoms with E-state index in [1.807, 2.05) is 12.1 Å². The third kappa shape index (κ3) is 6.49. The number of carbonyl (C=O) groups excluding carboxylic acids is 1. The fourth-order valence-corrected chi connectivity index (χ4v) is 4.29. The van der Waals surface area contributed by atoms with Crippen LogP contribution in [0.2, 0.25) is 5.02 Å². The average molecular weight is 421 g/mol. The zero-order valence-corrected chi connectivity index (χ0v) is 18.0. The minimum absolute atomic E-state index is 0.191. The summed E-state index contributed by atoms with van der Waals surface area (Å²) in [6, 6.07) is 4.00. The largest absolute Gasteiger partial charge is 0.357 e. The zero-order chi connectivity index (χ0) is 20.5. The second kappa shape index (κ2) is 11.2. The van der Waals surface area contributed by atoms with E-state index in [0.717, 1.165) is 50.7 Å². The van der Waals surface area contributed by atoms with Crippen molar-refractivity contribution < 1.29 is 4.79 Å². The number of aliphatic imine (C=N–C) groups is 1. The van der Waals surface area contributed by atoms with Crippen molar-refractivity contribution in [1.29, 1.82) is 0 Å². The molecule has 1 saturated carbocycles. The number of guanidine groups is 1. The van der Waals surface area contributed by atoms with Crippen molar-refractivity contribution in [1.82, 2.24) is 20.9 Å². The molecule has 3 N–H and O–H groups in total. The summed E-state index contributed by atoms with van der Waals surface area (Å²) in [7, 11) is 0. The van der Waals surface area contributed by atoms with Crippen molar-refractivity contribution in [2.24, 2.45) is 10.9 Å². The first kappa shape index (κ1) is 21.7. The van der Waals surface area contributed by atoms with E-state index in [1.54, 1.807) is 6.20 Å². The highest BCUT2D eigenvalue weighted by atomic mass is 35.5. The Kier molecular flexibility index (Phi) is 8.40. The summed E-state index contributed by atoms with van der Waals surface area (Å²) >= 11 is 6.28. The Morgan fingerprint density at radius 3 is 2.86 bits per heavy atom. The van der Waals surface area contributed by atoms with E-state index in [2.05, 4.69) is 37.8 Å². The SMILES string of the molecule is CCNC(=NCCNC(=O)C1CCCCC1)NC1CCN(c2ncccc2Cl)C1. The number of amides is 1. The molecule has 7 nitrogen and oxygen atoms in total. The van der Waals surface area contributed by atoms with Gasteiger partial charge in [0.1, 0.15) is 5.82 Å². The highest BCUT2D eigenvalue weighted by Crippen LogP contribution is 2.26. The van der Waals surface area contributed by atoms with Crippen LogP contribution in [0.3, 0.4) is 0 Å². The normalized spacial score (nSPS) is 20.6. The van der Waals surface area contributed by atoms with E-state index < -0.39 is 0 Å². The third-order valence-electron chi connectivity index (χ3n) is 5.57. The maximum Gasteiger partial charge on any atom is 0.223 e. The van der Waals surface area contributed by atoms with Crippen LogP contribution >= 0.6 is 11.6 Å². The number of carbonyl (C=O) groups is 1. The summed E-state index contributed by atoms with van der Waals surface area (Å²) in [5.74, 6) is 2.02. The van der Waals surface area contributed by atoms with Gasteiger partial charge in [-0.25, -0.2) is 4.98 Å². The number of halogens is 1. The number of hydrogen-bond acceptors (Lipinski definition) is 4. The molecule has 1 aromatic heterocycles. The maximum absolute atomic E-state index is 12.2. The maximum atomic E-state index is 12.2. The van der Waals surface area contributed by atoms with E-state index >= 15 is 0 Å². The molecule has 0 radical (unpaired) electrons. The van der Waals surface area contributed by atoms with E-state index in [4.69, 9.17) is 11.6 Å². The summed E-state index contributed by atoms with van der Waals surface area (Å²) in [5.41, 5.74) is 0. The van der Waals surface area contributed by atoms with Crippen LogP contribution in [0.15, 0.2) is 23.3 Å². The average Bonchev–Trinajstić information content (AvgIpc) is 3.20. The van der Waals surface area contributed by atoms with Crippen molar-refractivity contribution in [3.05, 3.63) is 23.4 Å². The Morgan fingerprint density at radius 2 is 2.10 bits per heavy atom. The van der Waals surface area contributed by atoms with Gasteiger partial charge < -0.3 is 20.9 Å². The first-order chi connectivity index (χ1) is 14.2. The molecular formula is C21H33ClN6O. The molecule has 0 bridgehead atoms. The number of rotatable bonds is 7. The Labute approximate surface area is 178 Å². The van der Waals surface area contributed by atoms with Crippen molar-refractivity contribution in [3.63, 3.8) is 0 Å². The van der Waals surface area contributed by atoms with E-state index in [0.29, 0.717) is 18.1 Å². The van der Waals surface area contributed by atoms with Gasteiger partial charge in [0.05, 0.1) is 11.6 Å². The lowest BCUT2D eigenvalue weighted by Gasteiger charge is -2.21. The van der Waals surface area contributed by atoms with Crippen LogP contribution in [0.25, 0.3) is 0 Å². The standard InChI is InChI=1S/C21H33ClN6O/c1-2-23-21(26-13-12-25-20(29)16-7-4-3-5-8-16)27-17-10-14-28(15-17)19-18(22)9-6-11-24-19/h6,9,11,16-17H,2-5,7-8,10,12-15H2,1H3,(H,25,29)(H2,23,26,27). The lowest BCUT2D eigenvalue weighted by Crippen LogP contribution is -2.45. The van der Waals surface area contributed by atoms with Crippen molar-refractivity contribution in [3.8, 4) is 0 Å². The van der Waals surface area contributed by atoms with Crippen LogP contribution in [-0.4, -0.2) is 55.6 Å². The van der Waals surface area contributed by atoms with Crippen LogP contribution < -0.4 is 20.9 Å². The van der Waals surface area contributed by atoms with Crippen LogP contribution in [0.4, 0.5) is 5.82 Å². The zero-order valence-electron chi connectivity index (χ0n) is 17.3. The number of hydrogen-bond donors (Lipinski definition) is 3. The lowest BCUT2D eigenvalue weighted by molar-refractivity contribution is -0.125. The first-order valence-electron chi connectivity index (χ1n) is 10.9. The molecule has 0 spiro atoms. The quantitative estimate of drug-likeness (QED) is 0.359. The van der Waals surface area contributed by atoms with Crippen LogP contribution in [0.1, 0.15) is 45.4 Å². The fraction of sp³-hybridized carbons (Fsp3) is 0.667. The Morgan fingerprint density at radius 1 is 1.28 bits per heavy atom. The Hall–Kier alpha value is -2.02. The summed E-state index contributed by atoms with van der Waals surface area (Å²) in [6.45, 7) is 5.73. The topological polar surface area (TPSA) is 81.6 Å². The monoisotopic (exact) mass is 420 g/mol. The number of anilines is 1. The smallest absolute Gasteiger partial charge is 0.223 e. The van der Waals surface area contributed by atoms with Gasteiger partial charge in [-0.05, 0) is 38.3 Å². The molecule has 2 fully saturated rings. The molecular weight excluding hydrogens is 388 g/mol. The number of aromatic nitrogens is 1. The fourth-order valence-electron chi connectivity index (χ4n) is 4.05. The third-order valence-corrected chi connectivity index (χ3v) is 5.86. The second-order valence-electron chi connectivity index (χ2n) is 7.77. The molecule has 2 aliphatic rings. The number of nitrogens with one attached hydrogen (secondary N) is 3. The highest BCUT2D eigenvalue weighted by molar-refractivity contribution is 6.32. The van der Waals surface area contributed by atoms with Gasteiger partial charge in [-0.15, -0.1) is 0 Å². The summed E-state index contributed by atoms with van der Waals surface area (Å²) in [6.07, 6.45) is 8.43. The van der Waals surface area contributed by atoms with Gasteiger partial charge in [0.2, 0.25) is 5.91 Å². The molecule has 1 saturated heterocycles. The van der Waals surface area contributed by atoms with Gasteiger partial charge in [-0.3, -0.25) is 9.79 Å². The molecule has 8 heteroatoms. The van der Waals surface area contributed by atoms with Crippen molar-refractivity contribution >= 4 is 29.3 Å². The molecule has 1 amide bonds. The Bertz CT molecular complexity index is 692. The molecule has 160 valence electrons. The van der Waals surface area contributed by atoms with Crippen LogP contribution in [0, 0.1) is 5.92 Å². The van der Waals surface area contributed by atoms with E-state index in [-0.39, 0.29) is 17.9 Å². The second-order valence-corrected chi connectivity index (χ2v) is 8.18. The summed E-state index contributed by atoms with van der Waals surface area (Å²) < 4.78 is 0. The molecule has 1 atom stereocenters. The predicted molar refractivity (Wildman–Crippen MR) is 119 cm³/mol. The predicted octanol–water partition coefficient (Wildman–Crippen LogP) is 2.57. The minimum atomic E-state index is 0.191. The number of pyridine rings is 1. The number of nitrogens with zero attached hydrogens (tertiary/aromatic N) is 3. The van der Waals surface area contributed by atoms with Crippen molar-refractivity contribution in [2.75, 3.05) is 37.6 Å². The highest BCUT2D eigenvalue weighted by Gasteiger charge is 2.25. The molecule has 1 aliphatic carbocycles. The van der Waals surface area contributed by atoms with Gasteiger partial charge in [0, 0.05) is 44.3 Å². The first-order valence-corrected chi connectivity index (χ1v) is 11.2. The molecule has 1 unspecified atom stereocenters. The van der Waals surface area contributed by atoms with Crippen LogP contribution in [0.5, 0.6) is 0 Å². The van der Waals surface area contributed by atoms with Crippen molar-refractivity contribution in [2.45, 2.75) is 51.5 Å². The molecule has 29 heavy (non-hydrogen) atoms. The van der Waals surface area contributed by atoms with Crippen LogP contribution in [-0.2, 0) is 4.79 Å². The molecule has 0 aromatic carbocycles. The molecule has 3 rings (SSSR count). The minimum Gasteiger partial charge on any atom is -0.357 e. The molecule has 1 aliphatic heterocycles. The Balaban J connectivity index is 1.44. The van der Waals surface area contributed by atoms with Gasteiger partial charge in [-0.2, -0.15) is 0 Å². The van der Waals surface area contributed by atoms with Gasteiger partial charge in [0.25, 0.3) is 0 Å². The lowest BCUT2D eigenvalue weighted by atomic mass is 9.89. The van der Waals surface area contributed by atoms with Gasteiger partial charge in [0.15, 0.2) is 5.96 Å². The molecule has 1 aromatic rings.